The van der Waals surface area contributed by atoms with E-state index < -0.39 is 0 Å². The van der Waals surface area contributed by atoms with Gasteiger partial charge in [-0.1, -0.05) is 18.5 Å². The molecule has 1 aliphatic heterocycles. The van der Waals surface area contributed by atoms with Gasteiger partial charge in [0.25, 0.3) is 0 Å². The molecule has 2 atom stereocenters. The lowest BCUT2D eigenvalue weighted by Crippen LogP contribution is -2.46. The number of ether oxygens (including phenoxy) is 1. The molecule has 1 saturated heterocycles. The predicted octanol–water partition coefficient (Wildman–Crippen LogP) is 3.07. The summed E-state index contributed by atoms with van der Waals surface area (Å²) in [5.74, 6) is 0.911. The second kappa shape index (κ2) is 6.36. The predicted molar refractivity (Wildman–Crippen MR) is 84.9 cm³/mol. The zero-order chi connectivity index (χ0) is 14.8. The van der Waals surface area contributed by atoms with Crippen molar-refractivity contribution in [3.05, 3.63) is 35.0 Å². The van der Waals surface area contributed by atoms with E-state index in [0.717, 1.165) is 48.0 Å². The van der Waals surface area contributed by atoms with Gasteiger partial charge in [0.05, 0.1) is 18.8 Å². The molecule has 1 aliphatic rings. The summed E-state index contributed by atoms with van der Waals surface area (Å²) in [5.41, 5.74) is 0.862. The van der Waals surface area contributed by atoms with Gasteiger partial charge in [-0.25, -0.2) is 0 Å². The molecular weight excluding hydrogens is 288 g/mol. The first-order valence-electron chi connectivity index (χ1n) is 7.40. The third-order valence-corrected chi connectivity index (χ3v) is 4.13. The van der Waals surface area contributed by atoms with E-state index in [1.54, 1.807) is 0 Å². The number of furan rings is 1. The molecule has 2 unspecified atom stereocenters. The molecule has 0 spiro atoms. The maximum absolute atomic E-state index is 6.05. The molecule has 0 radical (unpaired) electrons. The lowest BCUT2D eigenvalue weighted by molar-refractivity contribution is -0.0422. The average molecular weight is 309 g/mol. The second-order valence-corrected chi connectivity index (χ2v) is 5.97. The van der Waals surface area contributed by atoms with Crippen molar-refractivity contribution in [3.63, 3.8) is 0 Å². The summed E-state index contributed by atoms with van der Waals surface area (Å²) in [7, 11) is 2.12. The lowest BCUT2D eigenvalue weighted by Gasteiger charge is -2.34. The topological polar surface area (TPSA) is 37.6 Å². The van der Waals surface area contributed by atoms with Gasteiger partial charge in [-0.15, -0.1) is 0 Å². The highest BCUT2D eigenvalue weighted by Crippen LogP contribution is 2.29. The van der Waals surface area contributed by atoms with Crippen molar-refractivity contribution in [2.75, 3.05) is 33.3 Å². The molecule has 1 aromatic heterocycles. The Morgan fingerprint density at radius 2 is 2.29 bits per heavy atom. The number of halogens is 1. The Bertz CT molecular complexity index is 613. The van der Waals surface area contributed by atoms with E-state index in [1.165, 1.54) is 0 Å². The fourth-order valence-electron chi connectivity index (χ4n) is 2.84. The highest BCUT2D eigenvalue weighted by molar-refractivity contribution is 6.31. The van der Waals surface area contributed by atoms with Crippen LogP contribution in [-0.2, 0) is 4.74 Å². The highest BCUT2D eigenvalue weighted by atomic mass is 35.5. The van der Waals surface area contributed by atoms with Gasteiger partial charge in [0.2, 0.25) is 0 Å². The fourth-order valence-corrected chi connectivity index (χ4v) is 3.02. The number of hydrogen-bond donors (Lipinski definition) is 1. The molecule has 1 aromatic carbocycles. The molecule has 1 fully saturated rings. The molecule has 5 heteroatoms. The van der Waals surface area contributed by atoms with Crippen molar-refractivity contribution in [3.8, 4) is 0 Å². The number of morpholine rings is 1. The maximum Gasteiger partial charge on any atom is 0.134 e. The molecule has 1 N–H and O–H groups in total. The SMILES string of the molecule is CCNC(c1cc2cc(Cl)ccc2o1)C1CN(C)CCO1. The van der Waals surface area contributed by atoms with Crippen LogP contribution >= 0.6 is 11.6 Å². The van der Waals surface area contributed by atoms with Crippen molar-refractivity contribution in [2.45, 2.75) is 19.1 Å². The van der Waals surface area contributed by atoms with Gasteiger partial charge in [-0.05, 0) is 37.9 Å². The van der Waals surface area contributed by atoms with E-state index in [1.807, 2.05) is 18.2 Å². The Balaban J connectivity index is 1.90. The van der Waals surface area contributed by atoms with Gasteiger partial charge in [0, 0.05) is 23.5 Å². The van der Waals surface area contributed by atoms with Crippen LogP contribution in [0.5, 0.6) is 0 Å². The molecule has 0 amide bonds. The first-order chi connectivity index (χ1) is 10.2. The van der Waals surface area contributed by atoms with Crippen LogP contribution in [0.4, 0.5) is 0 Å². The number of rotatable bonds is 4. The van der Waals surface area contributed by atoms with Crippen molar-refractivity contribution >= 4 is 22.6 Å². The van der Waals surface area contributed by atoms with Crippen LogP contribution in [-0.4, -0.2) is 44.3 Å². The minimum Gasteiger partial charge on any atom is -0.459 e. The molecule has 0 saturated carbocycles. The normalized spacial score (nSPS) is 21.8. The third kappa shape index (κ3) is 3.24. The smallest absolute Gasteiger partial charge is 0.134 e. The molecule has 3 rings (SSSR count). The Morgan fingerprint density at radius 3 is 3.05 bits per heavy atom. The molecule has 21 heavy (non-hydrogen) atoms. The average Bonchev–Trinajstić information content (AvgIpc) is 2.87. The monoisotopic (exact) mass is 308 g/mol. The second-order valence-electron chi connectivity index (χ2n) is 5.54. The first kappa shape index (κ1) is 14.9. The maximum atomic E-state index is 6.05. The van der Waals surface area contributed by atoms with Crippen LogP contribution < -0.4 is 5.32 Å². The Hall–Kier alpha value is -1.07. The van der Waals surface area contributed by atoms with Gasteiger partial charge in [0.15, 0.2) is 0 Å². The summed E-state index contributed by atoms with van der Waals surface area (Å²) >= 11 is 6.05. The minimum atomic E-state index is 0.0592. The van der Waals surface area contributed by atoms with E-state index in [4.69, 9.17) is 20.8 Å². The van der Waals surface area contributed by atoms with Crippen LogP contribution in [0.25, 0.3) is 11.0 Å². The molecule has 0 bridgehead atoms. The van der Waals surface area contributed by atoms with E-state index >= 15 is 0 Å². The zero-order valence-corrected chi connectivity index (χ0v) is 13.2. The largest absolute Gasteiger partial charge is 0.459 e. The number of likely N-dealkylation sites (N-methyl/N-ethyl adjacent to an activating group) is 2. The summed E-state index contributed by atoms with van der Waals surface area (Å²) in [4.78, 5) is 2.29. The van der Waals surface area contributed by atoms with Gasteiger partial charge in [-0.2, -0.15) is 0 Å². The van der Waals surface area contributed by atoms with Crippen LogP contribution in [0.3, 0.4) is 0 Å². The number of nitrogens with one attached hydrogen (secondary N) is 1. The molecule has 114 valence electrons. The standard InChI is InChI=1S/C16H21ClN2O2/c1-3-18-16(15-10-19(2)6-7-20-15)14-9-11-8-12(17)4-5-13(11)21-14/h4-5,8-9,15-16,18H,3,6-7,10H2,1-2H3. The molecule has 0 aliphatic carbocycles. The van der Waals surface area contributed by atoms with Crippen molar-refractivity contribution in [1.29, 1.82) is 0 Å². The van der Waals surface area contributed by atoms with Gasteiger partial charge < -0.3 is 19.4 Å². The van der Waals surface area contributed by atoms with E-state index in [-0.39, 0.29) is 12.1 Å². The molecular formula is C16H21ClN2O2. The fraction of sp³-hybridized carbons (Fsp3) is 0.500. The van der Waals surface area contributed by atoms with Gasteiger partial charge >= 0.3 is 0 Å². The van der Waals surface area contributed by atoms with Crippen LogP contribution in [0.1, 0.15) is 18.7 Å². The zero-order valence-electron chi connectivity index (χ0n) is 12.4. The first-order valence-corrected chi connectivity index (χ1v) is 7.77. The third-order valence-electron chi connectivity index (χ3n) is 3.90. The van der Waals surface area contributed by atoms with E-state index in [9.17, 15) is 0 Å². The van der Waals surface area contributed by atoms with Crippen LogP contribution in [0.15, 0.2) is 28.7 Å². The summed E-state index contributed by atoms with van der Waals surface area (Å²) in [5, 5.41) is 5.24. The molecule has 4 nitrogen and oxygen atoms in total. The van der Waals surface area contributed by atoms with Crippen molar-refractivity contribution in [1.82, 2.24) is 10.2 Å². The number of benzene rings is 1. The van der Waals surface area contributed by atoms with Crippen molar-refractivity contribution in [2.24, 2.45) is 0 Å². The Morgan fingerprint density at radius 1 is 1.43 bits per heavy atom. The van der Waals surface area contributed by atoms with Crippen molar-refractivity contribution < 1.29 is 9.15 Å². The summed E-state index contributed by atoms with van der Waals surface area (Å²) in [6.45, 7) is 5.60. The molecule has 2 aromatic rings. The Kier molecular flexibility index (Phi) is 4.50. The summed E-state index contributed by atoms with van der Waals surface area (Å²) < 4.78 is 12.0. The highest BCUT2D eigenvalue weighted by Gasteiger charge is 2.29. The quantitative estimate of drug-likeness (QED) is 0.942. The summed E-state index contributed by atoms with van der Waals surface area (Å²) in [6.07, 6.45) is 0.0970. The lowest BCUT2D eigenvalue weighted by atomic mass is 10.1. The van der Waals surface area contributed by atoms with E-state index in [0.29, 0.717) is 0 Å². The molecule has 2 heterocycles. The number of fused-ring (bicyclic) bond motifs is 1. The van der Waals surface area contributed by atoms with E-state index in [2.05, 4.69) is 30.3 Å². The van der Waals surface area contributed by atoms with Crippen LogP contribution in [0.2, 0.25) is 5.02 Å². The van der Waals surface area contributed by atoms with Gasteiger partial charge in [-0.3, -0.25) is 0 Å². The minimum absolute atomic E-state index is 0.0592. The number of nitrogens with zero attached hydrogens (tertiary/aromatic N) is 1. The van der Waals surface area contributed by atoms with Crippen LogP contribution in [0, 0.1) is 0 Å². The van der Waals surface area contributed by atoms with Gasteiger partial charge in [0.1, 0.15) is 11.3 Å². The summed E-state index contributed by atoms with van der Waals surface area (Å²) in [6, 6.07) is 7.82. The number of hydrogen-bond acceptors (Lipinski definition) is 4. The Labute approximate surface area is 130 Å².